The Morgan fingerprint density at radius 3 is 2.60 bits per heavy atom. The molecule has 2 aromatic carbocycles. The molecule has 206 valence electrons. The number of rotatable bonds is 6. The van der Waals surface area contributed by atoms with E-state index in [0.29, 0.717) is 29.5 Å². The number of amides is 3. The number of carbonyl (C=O) groups is 2. The van der Waals surface area contributed by atoms with Gasteiger partial charge in [-0.05, 0) is 53.9 Å². The van der Waals surface area contributed by atoms with E-state index in [-0.39, 0.29) is 11.3 Å². The highest BCUT2D eigenvalue weighted by molar-refractivity contribution is 5.99. The summed E-state index contributed by atoms with van der Waals surface area (Å²) in [6, 6.07) is 17.7. The lowest BCUT2D eigenvalue weighted by Gasteiger charge is -2.26. The lowest BCUT2D eigenvalue weighted by molar-refractivity contribution is -0.122. The van der Waals surface area contributed by atoms with E-state index < -0.39 is 12.1 Å². The first kappa shape index (κ1) is 26.9. The monoisotopic (exact) mass is 539 g/mol. The highest BCUT2D eigenvalue weighted by Gasteiger charge is 2.27. The fraction of sp³-hybridized carbons (Fsp3) is 0.267. The number of ether oxygens (including phenoxy) is 1. The van der Waals surface area contributed by atoms with Gasteiger partial charge in [0.15, 0.2) is 0 Å². The summed E-state index contributed by atoms with van der Waals surface area (Å²) in [4.78, 5) is 29.5. The minimum atomic E-state index is -0.415. The number of fused-ring (bicyclic) bond motifs is 1. The third kappa shape index (κ3) is 5.97. The van der Waals surface area contributed by atoms with E-state index in [1.807, 2.05) is 30.3 Å². The maximum Gasteiger partial charge on any atom is 0.324 e. The van der Waals surface area contributed by atoms with Gasteiger partial charge in [0.05, 0.1) is 17.6 Å². The predicted octanol–water partition coefficient (Wildman–Crippen LogP) is 4.93. The van der Waals surface area contributed by atoms with Gasteiger partial charge in [0.1, 0.15) is 23.4 Å². The Balaban J connectivity index is 1.39. The van der Waals surface area contributed by atoms with Crippen LogP contribution in [0.3, 0.4) is 0 Å². The summed E-state index contributed by atoms with van der Waals surface area (Å²) in [5.74, 6) is 1.63. The summed E-state index contributed by atoms with van der Waals surface area (Å²) < 4.78 is 7.57. The van der Waals surface area contributed by atoms with Crippen molar-refractivity contribution in [1.29, 1.82) is 0 Å². The zero-order valence-corrected chi connectivity index (χ0v) is 23.0. The van der Waals surface area contributed by atoms with Crippen LogP contribution < -0.4 is 26.0 Å². The fourth-order valence-electron chi connectivity index (χ4n) is 4.55. The molecule has 0 spiro atoms. The Labute approximate surface area is 233 Å². The molecule has 1 atom stereocenters. The van der Waals surface area contributed by atoms with Crippen molar-refractivity contribution < 1.29 is 14.3 Å². The molecule has 5 rings (SSSR count). The summed E-state index contributed by atoms with van der Waals surface area (Å²) in [6.45, 7) is 6.91. The van der Waals surface area contributed by atoms with Gasteiger partial charge < -0.3 is 20.7 Å². The molecular weight excluding hydrogens is 506 g/mol. The zero-order chi connectivity index (χ0) is 28.3. The summed E-state index contributed by atoms with van der Waals surface area (Å²) >= 11 is 0. The van der Waals surface area contributed by atoms with Crippen molar-refractivity contribution >= 4 is 23.4 Å². The van der Waals surface area contributed by atoms with E-state index in [2.05, 4.69) is 47.0 Å². The van der Waals surface area contributed by atoms with Gasteiger partial charge in [-0.1, -0.05) is 32.9 Å². The van der Waals surface area contributed by atoms with Crippen LogP contribution in [0, 0.1) is 0 Å². The average molecular weight is 540 g/mol. The number of pyridine rings is 1. The highest BCUT2D eigenvalue weighted by atomic mass is 16.5. The van der Waals surface area contributed by atoms with E-state index in [4.69, 9.17) is 9.84 Å². The van der Waals surface area contributed by atoms with Gasteiger partial charge in [0.25, 0.3) is 0 Å². The zero-order valence-electron chi connectivity index (χ0n) is 23.0. The van der Waals surface area contributed by atoms with E-state index >= 15 is 0 Å². The number of nitrogens with one attached hydrogen (secondary N) is 4. The van der Waals surface area contributed by atoms with Gasteiger partial charge in [-0.15, -0.1) is 0 Å². The minimum Gasteiger partial charge on any atom is -0.456 e. The normalized spacial score (nSPS) is 14.7. The van der Waals surface area contributed by atoms with Crippen molar-refractivity contribution in [2.45, 2.75) is 38.6 Å². The Morgan fingerprint density at radius 2 is 1.85 bits per heavy atom. The minimum absolute atomic E-state index is 0.0725. The van der Waals surface area contributed by atoms with Crippen molar-refractivity contribution in [2.75, 3.05) is 24.2 Å². The van der Waals surface area contributed by atoms with E-state index in [1.54, 1.807) is 54.5 Å². The van der Waals surface area contributed by atoms with Crippen molar-refractivity contribution in [3.8, 4) is 17.2 Å². The first-order valence-corrected chi connectivity index (χ1v) is 13.2. The van der Waals surface area contributed by atoms with Crippen LogP contribution >= 0.6 is 0 Å². The summed E-state index contributed by atoms with van der Waals surface area (Å²) in [5, 5.41) is 16.7. The summed E-state index contributed by atoms with van der Waals surface area (Å²) in [6.07, 6.45) is 4.08. The number of benzene rings is 2. The molecule has 1 aliphatic heterocycles. The Bertz CT molecular complexity index is 1530. The highest BCUT2D eigenvalue weighted by Crippen LogP contribution is 2.30. The number of hydrogen-bond acceptors (Lipinski definition) is 6. The number of nitrogens with zero attached hydrogens (tertiary/aromatic N) is 3. The maximum absolute atomic E-state index is 13.1. The van der Waals surface area contributed by atoms with Crippen LogP contribution in [0.4, 0.5) is 16.3 Å². The third-order valence-electron chi connectivity index (χ3n) is 6.61. The molecule has 0 fully saturated rings. The summed E-state index contributed by atoms with van der Waals surface area (Å²) in [5.41, 5.74) is 3.98. The number of carbonyl (C=O) groups excluding carboxylic acids is 2. The molecule has 1 unspecified atom stereocenters. The molecule has 0 saturated heterocycles. The van der Waals surface area contributed by atoms with Crippen LogP contribution in [0.1, 0.15) is 43.6 Å². The van der Waals surface area contributed by atoms with Crippen molar-refractivity contribution in [3.63, 3.8) is 0 Å². The standard InChI is InChI=1S/C30H33N7O3/c1-30(2,3)25-17-26(35-29(39)34-20-7-5-8-22(16-20)40-23-9-6-13-32-18-23)37(36-25)21-10-11-24-19(15-21)12-14-33-27(24)28(38)31-4/h5-11,13,15-18,27,33H,12,14H2,1-4H3,(H,31,38)(H2,34,35,39). The van der Waals surface area contributed by atoms with E-state index in [9.17, 15) is 9.59 Å². The molecular formula is C30H33N7O3. The van der Waals surface area contributed by atoms with Crippen molar-refractivity contribution in [2.24, 2.45) is 0 Å². The first-order valence-electron chi connectivity index (χ1n) is 13.2. The van der Waals surface area contributed by atoms with Gasteiger partial charge in [-0.2, -0.15) is 5.10 Å². The topological polar surface area (TPSA) is 122 Å². The Kier molecular flexibility index (Phi) is 7.52. The largest absolute Gasteiger partial charge is 0.456 e. The summed E-state index contributed by atoms with van der Waals surface area (Å²) in [7, 11) is 1.64. The van der Waals surface area contributed by atoms with Crippen molar-refractivity contribution in [1.82, 2.24) is 25.4 Å². The van der Waals surface area contributed by atoms with Gasteiger partial charge in [0.2, 0.25) is 5.91 Å². The van der Waals surface area contributed by atoms with Crippen LogP contribution in [0.2, 0.25) is 0 Å². The molecule has 3 heterocycles. The van der Waals surface area contributed by atoms with Gasteiger partial charge in [0, 0.05) is 43.0 Å². The number of aromatic nitrogens is 3. The molecule has 4 N–H and O–H groups in total. The second-order valence-electron chi connectivity index (χ2n) is 10.6. The smallest absolute Gasteiger partial charge is 0.324 e. The lowest BCUT2D eigenvalue weighted by Crippen LogP contribution is -2.40. The fourth-order valence-corrected chi connectivity index (χ4v) is 4.55. The van der Waals surface area contributed by atoms with Gasteiger partial charge in [-0.3, -0.25) is 15.1 Å². The van der Waals surface area contributed by atoms with Gasteiger partial charge in [-0.25, -0.2) is 9.48 Å². The first-order chi connectivity index (χ1) is 19.2. The average Bonchev–Trinajstić information content (AvgIpc) is 3.37. The van der Waals surface area contributed by atoms with E-state index in [1.165, 1.54) is 0 Å². The number of anilines is 2. The van der Waals surface area contributed by atoms with Gasteiger partial charge >= 0.3 is 6.03 Å². The Morgan fingerprint density at radius 1 is 1.02 bits per heavy atom. The van der Waals surface area contributed by atoms with Crippen LogP contribution in [0.25, 0.3) is 5.69 Å². The number of urea groups is 1. The van der Waals surface area contributed by atoms with Crippen LogP contribution in [-0.2, 0) is 16.6 Å². The molecule has 1 aliphatic rings. The lowest BCUT2D eigenvalue weighted by atomic mass is 9.92. The molecule has 10 nitrogen and oxygen atoms in total. The molecule has 0 radical (unpaired) electrons. The molecule has 2 aromatic heterocycles. The van der Waals surface area contributed by atoms with Crippen molar-refractivity contribution in [3.05, 3.63) is 89.9 Å². The second kappa shape index (κ2) is 11.2. The molecule has 10 heteroatoms. The molecule has 3 amide bonds. The maximum atomic E-state index is 13.1. The second-order valence-corrected chi connectivity index (χ2v) is 10.6. The SMILES string of the molecule is CNC(=O)C1NCCc2cc(-n3nc(C(C)(C)C)cc3NC(=O)Nc3cccc(Oc4cccnc4)c3)ccc21. The van der Waals surface area contributed by atoms with Crippen LogP contribution in [0.15, 0.2) is 73.1 Å². The molecule has 0 aliphatic carbocycles. The van der Waals surface area contributed by atoms with Crippen LogP contribution in [0.5, 0.6) is 11.5 Å². The van der Waals surface area contributed by atoms with E-state index in [0.717, 1.165) is 28.9 Å². The van der Waals surface area contributed by atoms with Crippen LogP contribution in [-0.4, -0.2) is 40.3 Å². The molecule has 4 aromatic rings. The third-order valence-corrected chi connectivity index (χ3v) is 6.61. The Hall–Kier alpha value is -4.70. The number of hydrogen-bond donors (Lipinski definition) is 4. The molecule has 0 bridgehead atoms. The quantitative estimate of drug-likeness (QED) is 0.276. The molecule has 40 heavy (non-hydrogen) atoms. The predicted molar refractivity (Wildman–Crippen MR) is 154 cm³/mol. The number of likely N-dealkylation sites (N-methyl/N-ethyl adjacent to an activating group) is 1. The molecule has 0 saturated carbocycles.